The maximum Gasteiger partial charge on any atom is 0.339 e. The van der Waals surface area contributed by atoms with Gasteiger partial charge in [-0.3, -0.25) is 0 Å². The lowest BCUT2D eigenvalue weighted by molar-refractivity contribution is 0.0153. The second-order valence-corrected chi connectivity index (χ2v) is 4.83. The molecule has 0 aromatic heterocycles. The highest BCUT2D eigenvalue weighted by Crippen LogP contribution is 2.17. The molecule has 0 aliphatic rings. The van der Waals surface area contributed by atoms with Gasteiger partial charge in [0, 0.05) is 0 Å². The summed E-state index contributed by atoms with van der Waals surface area (Å²) >= 11 is 0. The quantitative estimate of drug-likeness (QED) is 0.800. The minimum Gasteiger partial charge on any atom is -0.478 e. The molecule has 0 saturated carbocycles. The van der Waals surface area contributed by atoms with Gasteiger partial charge in [0.05, 0.1) is 11.1 Å². The van der Waals surface area contributed by atoms with Crippen molar-refractivity contribution < 1.29 is 19.4 Å². The van der Waals surface area contributed by atoms with Gasteiger partial charge in [-0.15, -0.1) is 0 Å². The van der Waals surface area contributed by atoms with E-state index < -0.39 is 11.9 Å². The van der Waals surface area contributed by atoms with Crippen molar-refractivity contribution in [1.82, 2.24) is 0 Å². The van der Waals surface area contributed by atoms with Crippen molar-refractivity contribution in [2.75, 3.05) is 0 Å². The van der Waals surface area contributed by atoms with Crippen molar-refractivity contribution in [3.05, 3.63) is 35.4 Å². The monoisotopic (exact) mass is 264 g/mol. The molecule has 1 atom stereocenters. The molecule has 1 aromatic carbocycles. The molecule has 1 rings (SSSR count). The zero-order chi connectivity index (χ0) is 14.4. The van der Waals surface area contributed by atoms with Gasteiger partial charge in [0.15, 0.2) is 0 Å². The summed E-state index contributed by atoms with van der Waals surface area (Å²) in [5, 5.41) is 9.05. The van der Waals surface area contributed by atoms with Crippen molar-refractivity contribution >= 4 is 11.9 Å². The van der Waals surface area contributed by atoms with E-state index in [0.717, 1.165) is 12.8 Å². The predicted molar refractivity (Wildman–Crippen MR) is 72.4 cm³/mol. The van der Waals surface area contributed by atoms with E-state index in [1.807, 2.05) is 20.8 Å². The summed E-state index contributed by atoms with van der Waals surface area (Å²) < 4.78 is 5.43. The highest BCUT2D eigenvalue weighted by atomic mass is 16.5. The molecule has 0 saturated heterocycles. The van der Waals surface area contributed by atoms with Crippen LogP contribution < -0.4 is 0 Å². The van der Waals surface area contributed by atoms with Crippen LogP contribution in [0, 0.1) is 5.92 Å². The number of benzene rings is 1. The molecular weight excluding hydrogens is 244 g/mol. The van der Waals surface area contributed by atoms with E-state index in [4.69, 9.17) is 9.84 Å². The van der Waals surface area contributed by atoms with Gasteiger partial charge in [-0.1, -0.05) is 39.3 Å². The van der Waals surface area contributed by atoms with Gasteiger partial charge < -0.3 is 9.84 Å². The summed E-state index contributed by atoms with van der Waals surface area (Å²) in [6, 6.07) is 6.11. The molecule has 0 heterocycles. The lowest BCUT2D eigenvalue weighted by Gasteiger charge is -2.21. The van der Waals surface area contributed by atoms with Gasteiger partial charge in [-0.2, -0.15) is 0 Å². The minimum atomic E-state index is -1.12. The molecule has 0 unspecified atom stereocenters. The summed E-state index contributed by atoms with van der Waals surface area (Å²) in [6.45, 7) is 5.99. The SMILES string of the molecule is CCC[C@@H](OC(=O)c1ccccc1C(=O)O)C(C)C. The highest BCUT2D eigenvalue weighted by molar-refractivity contribution is 6.02. The standard InChI is InChI=1S/C15H20O4/c1-4-7-13(10(2)3)19-15(18)12-9-6-5-8-11(12)14(16)17/h5-6,8-10,13H,4,7H2,1-3H3,(H,16,17)/t13-/m1/s1. The summed E-state index contributed by atoms with van der Waals surface area (Å²) in [6.07, 6.45) is 1.51. The fourth-order valence-electron chi connectivity index (χ4n) is 1.86. The number of aromatic carboxylic acids is 1. The fourth-order valence-corrected chi connectivity index (χ4v) is 1.86. The number of carboxylic acids is 1. The third-order valence-electron chi connectivity index (χ3n) is 2.95. The summed E-state index contributed by atoms with van der Waals surface area (Å²) in [7, 11) is 0. The number of esters is 1. The maximum absolute atomic E-state index is 12.1. The van der Waals surface area contributed by atoms with E-state index in [1.54, 1.807) is 12.1 Å². The summed E-state index contributed by atoms with van der Waals surface area (Å²) in [5.41, 5.74) is 0.0863. The Kier molecular flexibility index (Phi) is 5.55. The first-order valence-electron chi connectivity index (χ1n) is 6.50. The van der Waals surface area contributed by atoms with E-state index in [-0.39, 0.29) is 23.1 Å². The molecule has 0 fully saturated rings. The Labute approximate surface area is 113 Å². The second kappa shape index (κ2) is 6.92. The van der Waals surface area contributed by atoms with Gasteiger partial charge in [-0.05, 0) is 24.5 Å². The Balaban J connectivity index is 2.91. The van der Waals surface area contributed by atoms with Crippen LogP contribution in [-0.2, 0) is 4.74 Å². The zero-order valence-corrected chi connectivity index (χ0v) is 11.6. The predicted octanol–water partition coefficient (Wildman–Crippen LogP) is 3.37. The molecule has 4 nitrogen and oxygen atoms in total. The molecule has 0 aliphatic carbocycles. The largest absolute Gasteiger partial charge is 0.478 e. The highest BCUT2D eigenvalue weighted by Gasteiger charge is 2.22. The molecule has 104 valence electrons. The van der Waals surface area contributed by atoms with Gasteiger partial charge in [0.25, 0.3) is 0 Å². The number of carbonyl (C=O) groups is 2. The number of carboxylic acid groups (broad SMARTS) is 1. The first-order valence-corrected chi connectivity index (χ1v) is 6.50. The van der Waals surface area contributed by atoms with Crippen LogP contribution >= 0.6 is 0 Å². The molecule has 0 radical (unpaired) electrons. The zero-order valence-electron chi connectivity index (χ0n) is 11.6. The number of carbonyl (C=O) groups excluding carboxylic acids is 1. The van der Waals surface area contributed by atoms with Crippen molar-refractivity contribution in [1.29, 1.82) is 0 Å². The molecule has 0 spiro atoms. The van der Waals surface area contributed by atoms with Crippen molar-refractivity contribution in [2.24, 2.45) is 5.92 Å². The second-order valence-electron chi connectivity index (χ2n) is 4.83. The third kappa shape index (κ3) is 4.09. The van der Waals surface area contributed by atoms with Crippen LogP contribution in [0.2, 0.25) is 0 Å². The smallest absolute Gasteiger partial charge is 0.339 e. The van der Waals surface area contributed by atoms with Gasteiger partial charge >= 0.3 is 11.9 Å². The van der Waals surface area contributed by atoms with Crippen molar-refractivity contribution in [2.45, 2.75) is 39.7 Å². The summed E-state index contributed by atoms with van der Waals surface area (Å²) in [4.78, 5) is 23.1. The van der Waals surface area contributed by atoms with Crippen LogP contribution in [0.25, 0.3) is 0 Å². The van der Waals surface area contributed by atoms with Crippen LogP contribution in [0.1, 0.15) is 54.3 Å². The van der Waals surface area contributed by atoms with Gasteiger partial charge in [0.2, 0.25) is 0 Å². The first kappa shape index (κ1) is 15.2. The Morgan fingerprint density at radius 3 is 2.26 bits per heavy atom. The Bertz CT molecular complexity index is 451. The van der Waals surface area contributed by atoms with E-state index in [1.165, 1.54) is 12.1 Å². The van der Waals surface area contributed by atoms with Gasteiger partial charge in [-0.25, -0.2) is 9.59 Å². The topological polar surface area (TPSA) is 63.6 Å². The van der Waals surface area contributed by atoms with Crippen molar-refractivity contribution in [3.8, 4) is 0 Å². The van der Waals surface area contributed by atoms with E-state index in [2.05, 4.69) is 0 Å². The van der Waals surface area contributed by atoms with Crippen LogP contribution in [0.3, 0.4) is 0 Å². The lowest BCUT2D eigenvalue weighted by Crippen LogP contribution is -2.24. The molecule has 1 N–H and O–H groups in total. The number of hydrogen-bond acceptors (Lipinski definition) is 3. The number of ether oxygens (including phenoxy) is 1. The van der Waals surface area contributed by atoms with Crippen LogP contribution in [0.5, 0.6) is 0 Å². The van der Waals surface area contributed by atoms with Crippen molar-refractivity contribution in [3.63, 3.8) is 0 Å². The van der Waals surface area contributed by atoms with E-state index >= 15 is 0 Å². The molecule has 0 aliphatic heterocycles. The van der Waals surface area contributed by atoms with E-state index in [0.29, 0.717) is 0 Å². The minimum absolute atomic E-state index is 0.0218. The Morgan fingerprint density at radius 2 is 1.79 bits per heavy atom. The first-order chi connectivity index (χ1) is 8.97. The maximum atomic E-state index is 12.1. The van der Waals surface area contributed by atoms with Crippen LogP contribution in [-0.4, -0.2) is 23.1 Å². The van der Waals surface area contributed by atoms with Crippen LogP contribution in [0.15, 0.2) is 24.3 Å². The molecular formula is C15H20O4. The average molecular weight is 264 g/mol. The molecule has 19 heavy (non-hydrogen) atoms. The lowest BCUT2D eigenvalue weighted by atomic mass is 10.0. The Hall–Kier alpha value is -1.84. The third-order valence-corrected chi connectivity index (χ3v) is 2.95. The average Bonchev–Trinajstić information content (AvgIpc) is 2.37. The van der Waals surface area contributed by atoms with Gasteiger partial charge in [0.1, 0.15) is 6.10 Å². The normalized spacial score (nSPS) is 12.2. The molecule has 0 amide bonds. The number of hydrogen-bond donors (Lipinski definition) is 1. The molecule has 0 bridgehead atoms. The Morgan fingerprint density at radius 1 is 1.21 bits per heavy atom. The fraction of sp³-hybridized carbons (Fsp3) is 0.467. The number of rotatable bonds is 6. The van der Waals surface area contributed by atoms with E-state index in [9.17, 15) is 9.59 Å². The molecule has 1 aromatic rings. The van der Waals surface area contributed by atoms with Crippen LogP contribution in [0.4, 0.5) is 0 Å². The molecule has 4 heteroatoms. The summed E-state index contributed by atoms with van der Waals surface area (Å²) in [5.74, 6) is -1.48.